The first-order chi connectivity index (χ1) is 8.22. The lowest BCUT2D eigenvalue weighted by atomic mass is 10.2. The summed E-state index contributed by atoms with van der Waals surface area (Å²) in [4.78, 5) is 25.4. The van der Waals surface area contributed by atoms with Crippen molar-refractivity contribution in [2.24, 2.45) is 0 Å². The van der Waals surface area contributed by atoms with E-state index in [1.165, 1.54) is 0 Å². The van der Waals surface area contributed by atoms with Crippen LogP contribution in [0.15, 0.2) is 0 Å². The van der Waals surface area contributed by atoms with Crippen LogP contribution in [0.4, 0.5) is 0 Å². The standard InChI is InChI=1S/C12H20N2O3/c1-2-17-11(15)8-14(9-5-6-9)12(16)10-4-3-7-13-10/h9-10,13H,2-8H2,1H3. The van der Waals surface area contributed by atoms with E-state index in [0.717, 1.165) is 32.2 Å². The minimum atomic E-state index is -0.300. The fourth-order valence-electron chi connectivity index (χ4n) is 2.21. The topological polar surface area (TPSA) is 58.6 Å². The first-order valence-electron chi connectivity index (χ1n) is 6.42. The van der Waals surface area contributed by atoms with Gasteiger partial charge in [-0.05, 0) is 39.2 Å². The molecule has 1 atom stereocenters. The minimum absolute atomic E-state index is 0.0676. The van der Waals surface area contributed by atoms with Crippen molar-refractivity contribution in [1.29, 1.82) is 0 Å². The molecule has 0 spiro atoms. The van der Waals surface area contributed by atoms with Crippen LogP contribution in [-0.4, -0.2) is 48.6 Å². The van der Waals surface area contributed by atoms with Gasteiger partial charge in [-0.15, -0.1) is 0 Å². The van der Waals surface area contributed by atoms with Crippen LogP contribution < -0.4 is 5.32 Å². The summed E-state index contributed by atoms with van der Waals surface area (Å²) in [5, 5.41) is 3.18. The van der Waals surface area contributed by atoms with Crippen LogP contribution in [0, 0.1) is 0 Å². The van der Waals surface area contributed by atoms with E-state index < -0.39 is 0 Å². The summed E-state index contributed by atoms with van der Waals surface area (Å²) in [6.07, 6.45) is 3.94. The van der Waals surface area contributed by atoms with Gasteiger partial charge in [0.1, 0.15) is 6.54 Å². The van der Waals surface area contributed by atoms with Gasteiger partial charge in [-0.25, -0.2) is 0 Å². The third-order valence-corrected chi connectivity index (χ3v) is 3.23. The normalized spacial score (nSPS) is 23.5. The third-order valence-electron chi connectivity index (χ3n) is 3.23. The molecule has 2 rings (SSSR count). The number of nitrogens with zero attached hydrogens (tertiary/aromatic N) is 1. The molecular weight excluding hydrogens is 220 g/mol. The van der Waals surface area contributed by atoms with Crippen molar-refractivity contribution < 1.29 is 14.3 Å². The van der Waals surface area contributed by atoms with Crippen LogP contribution in [0.1, 0.15) is 32.6 Å². The monoisotopic (exact) mass is 240 g/mol. The average Bonchev–Trinajstić information content (AvgIpc) is 3.00. The van der Waals surface area contributed by atoms with E-state index in [0.29, 0.717) is 6.61 Å². The van der Waals surface area contributed by atoms with Crippen LogP contribution in [0.25, 0.3) is 0 Å². The first-order valence-corrected chi connectivity index (χ1v) is 6.42. The summed E-state index contributed by atoms with van der Waals surface area (Å²) in [6.45, 7) is 3.15. The molecule has 0 aromatic rings. The lowest BCUT2D eigenvalue weighted by molar-refractivity contribution is -0.149. The number of nitrogens with one attached hydrogen (secondary N) is 1. The van der Waals surface area contributed by atoms with Crippen molar-refractivity contribution in [3.63, 3.8) is 0 Å². The second-order valence-electron chi connectivity index (χ2n) is 4.65. The van der Waals surface area contributed by atoms with Gasteiger partial charge in [-0.3, -0.25) is 9.59 Å². The Hall–Kier alpha value is -1.10. The maximum Gasteiger partial charge on any atom is 0.325 e. The molecule has 1 unspecified atom stereocenters. The van der Waals surface area contributed by atoms with E-state index in [9.17, 15) is 9.59 Å². The van der Waals surface area contributed by atoms with Gasteiger partial charge in [0.05, 0.1) is 12.6 Å². The number of esters is 1. The number of hydrogen-bond donors (Lipinski definition) is 1. The molecule has 2 fully saturated rings. The molecule has 17 heavy (non-hydrogen) atoms. The molecule has 5 nitrogen and oxygen atoms in total. The number of hydrogen-bond acceptors (Lipinski definition) is 4. The van der Waals surface area contributed by atoms with Gasteiger partial charge in [0, 0.05) is 6.04 Å². The molecular formula is C12H20N2O3. The fraction of sp³-hybridized carbons (Fsp3) is 0.833. The van der Waals surface area contributed by atoms with E-state index in [1.54, 1.807) is 11.8 Å². The summed E-state index contributed by atoms with van der Waals surface area (Å²) in [5.74, 6) is -0.233. The molecule has 1 saturated carbocycles. The molecule has 0 radical (unpaired) electrons. The van der Waals surface area contributed by atoms with Gasteiger partial charge < -0.3 is 15.0 Å². The molecule has 0 aromatic heterocycles. The summed E-state index contributed by atoms with van der Waals surface area (Å²) in [5.41, 5.74) is 0. The average molecular weight is 240 g/mol. The smallest absolute Gasteiger partial charge is 0.325 e. The van der Waals surface area contributed by atoms with Crippen LogP contribution >= 0.6 is 0 Å². The summed E-state index contributed by atoms with van der Waals surface area (Å²) in [6, 6.07) is 0.166. The highest BCUT2D eigenvalue weighted by Crippen LogP contribution is 2.28. The van der Waals surface area contributed by atoms with Crippen LogP contribution in [0.3, 0.4) is 0 Å². The molecule has 1 aliphatic carbocycles. The molecule has 1 N–H and O–H groups in total. The summed E-state index contributed by atoms with van der Waals surface area (Å²) >= 11 is 0. The minimum Gasteiger partial charge on any atom is -0.465 e. The maximum absolute atomic E-state index is 12.2. The van der Waals surface area contributed by atoms with Gasteiger partial charge in [0.25, 0.3) is 0 Å². The molecule has 1 saturated heterocycles. The van der Waals surface area contributed by atoms with Crippen molar-refractivity contribution in [1.82, 2.24) is 10.2 Å². The molecule has 96 valence electrons. The van der Waals surface area contributed by atoms with E-state index in [2.05, 4.69) is 5.32 Å². The molecule has 0 bridgehead atoms. The zero-order valence-corrected chi connectivity index (χ0v) is 10.3. The predicted octanol–water partition coefficient (Wildman–Crippen LogP) is 0.293. The molecule has 1 aliphatic heterocycles. The Morgan fingerprint density at radius 2 is 2.12 bits per heavy atom. The zero-order valence-electron chi connectivity index (χ0n) is 10.3. The Kier molecular flexibility index (Phi) is 3.99. The second kappa shape index (κ2) is 5.49. The third kappa shape index (κ3) is 3.19. The summed E-state index contributed by atoms with van der Waals surface area (Å²) < 4.78 is 4.91. The number of carbonyl (C=O) groups is 2. The Balaban J connectivity index is 1.91. The van der Waals surface area contributed by atoms with Crippen LogP contribution in [0.5, 0.6) is 0 Å². The van der Waals surface area contributed by atoms with Gasteiger partial charge in [0.2, 0.25) is 5.91 Å². The van der Waals surface area contributed by atoms with Crippen LogP contribution in [0.2, 0.25) is 0 Å². The van der Waals surface area contributed by atoms with Crippen molar-refractivity contribution >= 4 is 11.9 Å². The van der Waals surface area contributed by atoms with Crippen molar-refractivity contribution in [3.05, 3.63) is 0 Å². The molecule has 2 aliphatic rings. The lowest BCUT2D eigenvalue weighted by Gasteiger charge is -2.24. The van der Waals surface area contributed by atoms with E-state index in [4.69, 9.17) is 4.74 Å². The largest absolute Gasteiger partial charge is 0.465 e. The lowest BCUT2D eigenvalue weighted by Crippen LogP contribution is -2.47. The van der Waals surface area contributed by atoms with Gasteiger partial charge in [-0.2, -0.15) is 0 Å². The van der Waals surface area contributed by atoms with Gasteiger partial charge in [-0.1, -0.05) is 0 Å². The van der Waals surface area contributed by atoms with Crippen molar-refractivity contribution in [2.45, 2.75) is 44.7 Å². The van der Waals surface area contributed by atoms with Crippen LogP contribution in [-0.2, 0) is 14.3 Å². The van der Waals surface area contributed by atoms with E-state index >= 15 is 0 Å². The van der Waals surface area contributed by atoms with E-state index in [1.807, 2.05) is 0 Å². The molecule has 5 heteroatoms. The molecule has 1 heterocycles. The number of ether oxygens (including phenoxy) is 1. The second-order valence-corrected chi connectivity index (χ2v) is 4.65. The van der Waals surface area contributed by atoms with Gasteiger partial charge >= 0.3 is 5.97 Å². The Morgan fingerprint density at radius 3 is 2.65 bits per heavy atom. The van der Waals surface area contributed by atoms with E-state index in [-0.39, 0.29) is 30.5 Å². The SMILES string of the molecule is CCOC(=O)CN(C(=O)C1CCCN1)C1CC1. The van der Waals surface area contributed by atoms with Crippen molar-refractivity contribution in [3.8, 4) is 0 Å². The highest BCUT2D eigenvalue weighted by atomic mass is 16.5. The Bertz CT molecular complexity index is 296. The predicted molar refractivity (Wildman–Crippen MR) is 62.4 cm³/mol. The summed E-state index contributed by atoms with van der Waals surface area (Å²) in [7, 11) is 0. The Morgan fingerprint density at radius 1 is 1.35 bits per heavy atom. The maximum atomic E-state index is 12.2. The highest BCUT2D eigenvalue weighted by Gasteiger charge is 2.37. The van der Waals surface area contributed by atoms with Gasteiger partial charge in [0.15, 0.2) is 0 Å². The quantitative estimate of drug-likeness (QED) is 0.702. The highest BCUT2D eigenvalue weighted by molar-refractivity contribution is 5.86. The zero-order chi connectivity index (χ0) is 12.3. The fourth-order valence-corrected chi connectivity index (χ4v) is 2.21. The van der Waals surface area contributed by atoms with Crippen molar-refractivity contribution in [2.75, 3.05) is 19.7 Å². The number of carbonyl (C=O) groups excluding carboxylic acids is 2. The number of rotatable bonds is 5. The number of amides is 1. The Labute approximate surface area is 101 Å². The molecule has 0 aromatic carbocycles. The first kappa shape index (κ1) is 12.4. The molecule has 1 amide bonds.